The van der Waals surface area contributed by atoms with E-state index in [9.17, 15) is 4.79 Å². The van der Waals surface area contributed by atoms with Crippen LogP contribution in [0.2, 0.25) is 5.02 Å². The zero-order valence-corrected chi connectivity index (χ0v) is 16.2. The van der Waals surface area contributed by atoms with Gasteiger partial charge >= 0.3 is 0 Å². The van der Waals surface area contributed by atoms with Gasteiger partial charge in [-0.05, 0) is 23.8 Å². The normalized spacial score (nSPS) is 11.8. The molecule has 1 N–H and O–H groups in total. The Balaban J connectivity index is 1.62. The van der Waals surface area contributed by atoms with Crippen LogP contribution in [0.5, 0.6) is 0 Å². The molecule has 1 aromatic heterocycles. The zero-order valence-electron chi connectivity index (χ0n) is 15.5. The minimum Gasteiger partial charge on any atom is -0.340 e. The third-order valence-corrected chi connectivity index (χ3v) is 4.68. The Labute approximate surface area is 173 Å². The maximum absolute atomic E-state index is 12.8. The van der Waals surface area contributed by atoms with Gasteiger partial charge in [0.2, 0.25) is 11.7 Å². The average molecular weight is 404 g/mol. The maximum Gasteiger partial charge on any atom is 0.251 e. The summed E-state index contributed by atoms with van der Waals surface area (Å²) in [6.07, 6.45) is 0.517. The molecule has 4 aromatic rings. The van der Waals surface area contributed by atoms with E-state index < -0.39 is 6.04 Å². The Morgan fingerprint density at radius 1 is 0.966 bits per heavy atom. The number of halogens is 1. The van der Waals surface area contributed by atoms with Crippen LogP contribution in [-0.2, 0) is 6.42 Å². The first-order valence-corrected chi connectivity index (χ1v) is 9.56. The van der Waals surface area contributed by atoms with Crippen molar-refractivity contribution in [3.8, 4) is 11.4 Å². The number of carbonyl (C=O) groups is 1. The van der Waals surface area contributed by atoms with Crippen molar-refractivity contribution in [2.45, 2.75) is 12.5 Å². The van der Waals surface area contributed by atoms with Gasteiger partial charge in [-0.15, -0.1) is 0 Å². The number of hydrogen-bond acceptors (Lipinski definition) is 4. The number of aromatic nitrogens is 2. The predicted octanol–water partition coefficient (Wildman–Crippen LogP) is 5.10. The largest absolute Gasteiger partial charge is 0.340 e. The van der Waals surface area contributed by atoms with Crippen LogP contribution in [0.3, 0.4) is 0 Å². The number of benzene rings is 3. The van der Waals surface area contributed by atoms with Crippen molar-refractivity contribution in [1.82, 2.24) is 15.5 Å². The van der Waals surface area contributed by atoms with E-state index in [1.165, 1.54) is 0 Å². The molecular weight excluding hydrogens is 386 g/mol. The van der Waals surface area contributed by atoms with Gasteiger partial charge in [0.15, 0.2) is 0 Å². The van der Waals surface area contributed by atoms with Crippen LogP contribution in [-0.4, -0.2) is 16.0 Å². The Morgan fingerprint density at radius 3 is 2.41 bits per heavy atom. The number of rotatable bonds is 6. The second-order valence-electron chi connectivity index (χ2n) is 6.55. The topological polar surface area (TPSA) is 68.0 Å². The molecule has 0 radical (unpaired) electrons. The van der Waals surface area contributed by atoms with Crippen LogP contribution in [0.25, 0.3) is 11.4 Å². The molecule has 0 aliphatic rings. The summed E-state index contributed by atoms with van der Waals surface area (Å²) < 4.78 is 5.51. The molecule has 1 unspecified atom stereocenters. The fraction of sp³-hybridized carbons (Fsp3) is 0.0870. The summed E-state index contributed by atoms with van der Waals surface area (Å²) in [4.78, 5) is 17.3. The Bertz CT molecular complexity index is 1100. The highest BCUT2D eigenvalue weighted by Crippen LogP contribution is 2.22. The minimum atomic E-state index is -0.478. The second kappa shape index (κ2) is 8.71. The summed E-state index contributed by atoms with van der Waals surface area (Å²) in [5.41, 5.74) is 2.36. The SMILES string of the molecule is O=C(NC(Cc1ccccc1)c1nc(-c2ccccc2)no1)c1cccc(Cl)c1. The number of nitrogens with one attached hydrogen (secondary N) is 1. The van der Waals surface area contributed by atoms with E-state index in [-0.39, 0.29) is 5.91 Å². The van der Waals surface area contributed by atoms with Gasteiger partial charge in [-0.3, -0.25) is 4.79 Å². The van der Waals surface area contributed by atoms with Crippen molar-refractivity contribution in [3.05, 3.63) is 107 Å². The average Bonchev–Trinajstić information content (AvgIpc) is 3.25. The molecule has 5 nitrogen and oxygen atoms in total. The predicted molar refractivity (Wildman–Crippen MR) is 112 cm³/mol. The third-order valence-electron chi connectivity index (χ3n) is 4.45. The van der Waals surface area contributed by atoms with Crippen LogP contribution >= 0.6 is 11.6 Å². The van der Waals surface area contributed by atoms with E-state index in [2.05, 4.69) is 15.5 Å². The first kappa shape index (κ1) is 18.9. The number of hydrogen-bond donors (Lipinski definition) is 1. The van der Waals surface area contributed by atoms with Crippen molar-refractivity contribution in [1.29, 1.82) is 0 Å². The van der Waals surface area contributed by atoms with Crippen LogP contribution < -0.4 is 5.32 Å². The van der Waals surface area contributed by atoms with Gasteiger partial charge in [0.05, 0.1) is 0 Å². The van der Waals surface area contributed by atoms with Gasteiger partial charge in [0, 0.05) is 22.6 Å². The van der Waals surface area contributed by atoms with E-state index >= 15 is 0 Å². The van der Waals surface area contributed by atoms with Gasteiger partial charge in [-0.1, -0.05) is 83.5 Å². The van der Waals surface area contributed by atoms with Crippen molar-refractivity contribution >= 4 is 17.5 Å². The molecule has 144 valence electrons. The molecule has 0 spiro atoms. The highest BCUT2D eigenvalue weighted by atomic mass is 35.5. The quantitative estimate of drug-likeness (QED) is 0.486. The summed E-state index contributed by atoms with van der Waals surface area (Å²) in [5.74, 6) is 0.576. The molecule has 6 heteroatoms. The maximum atomic E-state index is 12.8. The molecule has 4 rings (SSSR count). The first-order chi connectivity index (χ1) is 14.2. The summed E-state index contributed by atoms with van der Waals surface area (Å²) in [6, 6.07) is 25.7. The summed E-state index contributed by atoms with van der Waals surface area (Å²) >= 11 is 6.02. The second-order valence-corrected chi connectivity index (χ2v) is 6.98. The van der Waals surface area contributed by atoms with E-state index in [0.717, 1.165) is 11.1 Å². The van der Waals surface area contributed by atoms with E-state index in [0.29, 0.717) is 28.7 Å². The van der Waals surface area contributed by atoms with Gasteiger partial charge in [0.25, 0.3) is 5.91 Å². The lowest BCUT2D eigenvalue weighted by atomic mass is 10.1. The van der Waals surface area contributed by atoms with Crippen LogP contribution in [0.1, 0.15) is 27.9 Å². The standard InChI is InChI=1S/C23H18ClN3O2/c24-19-13-7-12-18(15-19)22(28)25-20(14-16-8-3-1-4-9-16)23-26-21(27-29-23)17-10-5-2-6-11-17/h1-13,15,20H,14H2,(H,25,28). The molecule has 0 fully saturated rings. The fourth-order valence-corrected chi connectivity index (χ4v) is 3.19. The zero-order chi connectivity index (χ0) is 20.1. The summed E-state index contributed by atoms with van der Waals surface area (Å²) in [6.45, 7) is 0. The van der Waals surface area contributed by atoms with Gasteiger partial charge in [0.1, 0.15) is 6.04 Å². The van der Waals surface area contributed by atoms with Gasteiger partial charge < -0.3 is 9.84 Å². The Kier molecular flexibility index (Phi) is 5.68. The summed E-state index contributed by atoms with van der Waals surface area (Å²) in [7, 11) is 0. The van der Waals surface area contributed by atoms with Crippen molar-refractivity contribution in [3.63, 3.8) is 0 Å². The van der Waals surface area contributed by atoms with Crippen LogP contribution in [0, 0.1) is 0 Å². The third kappa shape index (κ3) is 4.70. The molecule has 1 amide bonds. The molecule has 29 heavy (non-hydrogen) atoms. The van der Waals surface area contributed by atoms with Gasteiger partial charge in [-0.25, -0.2) is 0 Å². The van der Waals surface area contributed by atoms with Crippen LogP contribution in [0.15, 0.2) is 89.5 Å². The fourth-order valence-electron chi connectivity index (χ4n) is 3.00. The molecule has 0 bridgehead atoms. The smallest absolute Gasteiger partial charge is 0.251 e. The van der Waals surface area contributed by atoms with E-state index in [1.54, 1.807) is 24.3 Å². The highest BCUT2D eigenvalue weighted by molar-refractivity contribution is 6.30. The number of carbonyl (C=O) groups excluding carboxylic acids is 1. The monoisotopic (exact) mass is 403 g/mol. The minimum absolute atomic E-state index is 0.257. The van der Waals surface area contributed by atoms with Crippen molar-refractivity contribution in [2.24, 2.45) is 0 Å². The molecule has 0 saturated heterocycles. The Hall–Kier alpha value is -3.44. The Morgan fingerprint density at radius 2 is 1.69 bits per heavy atom. The molecule has 1 atom stereocenters. The molecule has 3 aromatic carbocycles. The van der Waals surface area contributed by atoms with E-state index in [1.807, 2.05) is 60.7 Å². The lowest BCUT2D eigenvalue weighted by molar-refractivity contribution is 0.0928. The molecule has 0 saturated carbocycles. The van der Waals surface area contributed by atoms with Crippen LogP contribution in [0.4, 0.5) is 0 Å². The number of amides is 1. The first-order valence-electron chi connectivity index (χ1n) is 9.18. The number of nitrogens with zero attached hydrogens (tertiary/aromatic N) is 2. The van der Waals surface area contributed by atoms with Gasteiger partial charge in [-0.2, -0.15) is 4.98 Å². The lowest BCUT2D eigenvalue weighted by Gasteiger charge is -2.15. The van der Waals surface area contributed by atoms with E-state index in [4.69, 9.17) is 16.1 Å². The summed E-state index contributed by atoms with van der Waals surface area (Å²) in [5, 5.41) is 7.58. The van der Waals surface area contributed by atoms with Crippen molar-refractivity contribution < 1.29 is 9.32 Å². The van der Waals surface area contributed by atoms with Crippen molar-refractivity contribution in [2.75, 3.05) is 0 Å². The molecule has 1 heterocycles. The molecule has 0 aliphatic carbocycles. The lowest BCUT2D eigenvalue weighted by Crippen LogP contribution is -2.30. The molecular formula is C23H18ClN3O2. The molecule has 0 aliphatic heterocycles. The highest BCUT2D eigenvalue weighted by Gasteiger charge is 2.23.